The summed E-state index contributed by atoms with van der Waals surface area (Å²) in [6, 6.07) is 17.9. The van der Waals surface area contributed by atoms with Gasteiger partial charge in [0.05, 0.1) is 17.9 Å². The highest BCUT2D eigenvalue weighted by atomic mass is 35.5. The van der Waals surface area contributed by atoms with Crippen LogP contribution in [-0.4, -0.2) is 28.8 Å². The number of nitrogens with one attached hydrogen (secondary N) is 1. The van der Waals surface area contributed by atoms with E-state index in [2.05, 4.69) is 16.3 Å². The van der Waals surface area contributed by atoms with E-state index < -0.39 is 0 Å². The molecule has 2 aliphatic rings. The van der Waals surface area contributed by atoms with Crippen molar-refractivity contribution in [2.24, 2.45) is 0 Å². The van der Waals surface area contributed by atoms with E-state index in [1.807, 2.05) is 53.2 Å². The van der Waals surface area contributed by atoms with Crippen molar-refractivity contribution in [1.29, 1.82) is 0 Å². The number of nitrogens with two attached hydrogens (primary N) is 1. The van der Waals surface area contributed by atoms with E-state index in [4.69, 9.17) is 10.8 Å². The summed E-state index contributed by atoms with van der Waals surface area (Å²) in [7, 11) is 0. The first kappa shape index (κ1) is 20.3. The van der Waals surface area contributed by atoms with Gasteiger partial charge < -0.3 is 16.0 Å². The Morgan fingerprint density at radius 2 is 1.93 bits per heavy atom. The first-order valence-electron chi connectivity index (χ1n) is 10.3. The molecule has 0 unspecified atom stereocenters. The van der Waals surface area contributed by atoms with Crippen molar-refractivity contribution in [2.75, 3.05) is 29.0 Å². The van der Waals surface area contributed by atoms with Gasteiger partial charge in [-0.15, -0.1) is 12.4 Å². The average molecular weight is 424 g/mol. The maximum Gasteiger partial charge on any atom is 0.245 e. The smallest absolute Gasteiger partial charge is 0.245 e. The Kier molecular flexibility index (Phi) is 5.68. The van der Waals surface area contributed by atoms with E-state index >= 15 is 0 Å². The van der Waals surface area contributed by atoms with Crippen molar-refractivity contribution < 1.29 is 4.79 Å². The van der Waals surface area contributed by atoms with Crippen molar-refractivity contribution in [3.63, 3.8) is 0 Å². The molecule has 30 heavy (non-hydrogen) atoms. The van der Waals surface area contributed by atoms with Crippen LogP contribution < -0.4 is 16.0 Å². The fourth-order valence-electron chi connectivity index (χ4n) is 4.08. The van der Waals surface area contributed by atoms with Crippen LogP contribution in [0, 0.1) is 0 Å². The molecule has 1 amide bonds. The largest absolute Gasteiger partial charge is 0.398 e. The molecule has 5 rings (SSSR count). The van der Waals surface area contributed by atoms with Crippen LogP contribution in [0.25, 0.3) is 5.69 Å². The molecular weight excluding hydrogens is 398 g/mol. The van der Waals surface area contributed by atoms with Crippen LogP contribution in [0.15, 0.2) is 54.6 Å². The van der Waals surface area contributed by atoms with Gasteiger partial charge in [-0.25, -0.2) is 4.68 Å². The minimum atomic E-state index is -0.0419. The molecule has 0 spiro atoms. The molecule has 3 N–H and O–H groups in total. The number of benzene rings is 2. The summed E-state index contributed by atoms with van der Waals surface area (Å²) < 4.78 is 1.84. The second-order valence-corrected chi connectivity index (χ2v) is 7.89. The Bertz CT molecular complexity index is 1050. The first-order chi connectivity index (χ1) is 14.2. The van der Waals surface area contributed by atoms with E-state index in [0.29, 0.717) is 12.5 Å². The Hall–Kier alpha value is -2.99. The number of carbonyl (C=O) groups is 1. The second-order valence-electron chi connectivity index (χ2n) is 7.89. The van der Waals surface area contributed by atoms with Gasteiger partial charge in [0.25, 0.3) is 0 Å². The zero-order valence-electron chi connectivity index (χ0n) is 16.8. The average Bonchev–Trinajstić information content (AvgIpc) is 3.50. The number of hydrogen-bond donors (Lipinski definition) is 2. The van der Waals surface area contributed by atoms with Crippen molar-refractivity contribution >= 4 is 35.5 Å². The molecule has 1 aliphatic heterocycles. The molecule has 3 aromatic rings. The van der Waals surface area contributed by atoms with Crippen LogP contribution in [0.4, 0.5) is 17.2 Å². The number of hydrogen-bond acceptors (Lipinski definition) is 4. The fourth-order valence-corrected chi connectivity index (χ4v) is 4.08. The molecule has 0 radical (unpaired) electrons. The van der Waals surface area contributed by atoms with Gasteiger partial charge in [0.2, 0.25) is 5.91 Å². The number of aromatic nitrogens is 2. The lowest BCUT2D eigenvalue weighted by atomic mass is 10.00. The Labute approximate surface area is 182 Å². The number of nitrogen functional groups attached to an aromatic ring is 1. The fraction of sp³-hybridized carbons (Fsp3) is 0.304. The number of rotatable bonds is 5. The van der Waals surface area contributed by atoms with Crippen molar-refractivity contribution in [3.05, 3.63) is 65.9 Å². The lowest BCUT2D eigenvalue weighted by Gasteiger charge is -2.31. The van der Waals surface area contributed by atoms with Gasteiger partial charge in [-0.3, -0.25) is 4.79 Å². The maximum atomic E-state index is 12.9. The molecule has 1 saturated carbocycles. The maximum absolute atomic E-state index is 12.9. The summed E-state index contributed by atoms with van der Waals surface area (Å²) in [6.45, 7) is 1.16. The number of halogens is 1. The molecule has 7 heteroatoms. The van der Waals surface area contributed by atoms with Crippen molar-refractivity contribution in [3.8, 4) is 5.69 Å². The van der Waals surface area contributed by atoms with Gasteiger partial charge in [0.15, 0.2) is 0 Å². The van der Waals surface area contributed by atoms with Gasteiger partial charge >= 0.3 is 0 Å². The third-order valence-electron chi connectivity index (χ3n) is 5.71. The van der Waals surface area contributed by atoms with Crippen molar-refractivity contribution in [1.82, 2.24) is 9.78 Å². The van der Waals surface area contributed by atoms with Crippen LogP contribution in [0.5, 0.6) is 0 Å². The number of amides is 1. The molecular formula is C23H26ClN5O. The summed E-state index contributed by atoms with van der Waals surface area (Å²) in [5.41, 5.74) is 11.2. The van der Waals surface area contributed by atoms with Crippen LogP contribution in [0.2, 0.25) is 0 Å². The SMILES string of the molecule is Cl.Nc1cccc2c1CCCN2CC(=O)Nc1cc(C2CC2)nn1-c1ccccc1. The van der Waals surface area contributed by atoms with Gasteiger partial charge in [0, 0.05) is 29.9 Å². The monoisotopic (exact) mass is 423 g/mol. The van der Waals surface area contributed by atoms with Crippen LogP contribution in [-0.2, 0) is 11.2 Å². The van der Waals surface area contributed by atoms with Crippen LogP contribution in [0.1, 0.15) is 36.4 Å². The predicted molar refractivity (Wildman–Crippen MR) is 123 cm³/mol. The third-order valence-corrected chi connectivity index (χ3v) is 5.71. The molecule has 6 nitrogen and oxygen atoms in total. The number of anilines is 3. The molecule has 0 bridgehead atoms. The van der Waals surface area contributed by atoms with Gasteiger partial charge in [-0.1, -0.05) is 24.3 Å². The topological polar surface area (TPSA) is 76.2 Å². The number of nitrogens with zero attached hydrogens (tertiary/aromatic N) is 3. The summed E-state index contributed by atoms with van der Waals surface area (Å²) in [4.78, 5) is 15.0. The summed E-state index contributed by atoms with van der Waals surface area (Å²) in [5.74, 6) is 1.21. The highest BCUT2D eigenvalue weighted by Crippen LogP contribution is 2.40. The number of carbonyl (C=O) groups excluding carboxylic acids is 1. The molecule has 1 fully saturated rings. The lowest BCUT2D eigenvalue weighted by molar-refractivity contribution is -0.115. The Balaban J connectivity index is 0.00000218. The molecule has 2 heterocycles. The van der Waals surface area contributed by atoms with Crippen molar-refractivity contribution in [2.45, 2.75) is 31.6 Å². The predicted octanol–water partition coefficient (Wildman–Crippen LogP) is 4.15. The summed E-state index contributed by atoms with van der Waals surface area (Å²) in [6.07, 6.45) is 4.31. The summed E-state index contributed by atoms with van der Waals surface area (Å²) in [5, 5.41) is 7.86. The molecule has 0 saturated heterocycles. The normalized spacial score (nSPS) is 15.3. The molecule has 1 aliphatic carbocycles. The Morgan fingerprint density at radius 1 is 1.13 bits per heavy atom. The molecule has 1 aromatic heterocycles. The Morgan fingerprint density at radius 3 is 2.70 bits per heavy atom. The van der Waals surface area contributed by atoms with Gasteiger partial charge in [0.1, 0.15) is 5.82 Å². The number of para-hydroxylation sites is 1. The zero-order valence-corrected chi connectivity index (χ0v) is 17.6. The highest BCUT2D eigenvalue weighted by Gasteiger charge is 2.28. The zero-order chi connectivity index (χ0) is 19.8. The van der Waals surface area contributed by atoms with Crippen LogP contribution >= 0.6 is 12.4 Å². The van der Waals surface area contributed by atoms with Crippen LogP contribution in [0.3, 0.4) is 0 Å². The number of fused-ring (bicyclic) bond motifs is 1. The minimum absolute atomic E-state index is 0. The standard InChI is InChI=1S/C23H25N5O.ClH/c24-19-9-4-10-21-18(19)8-5-13-27(21)15-23(29)25-22-14-20(16-11-12-16)26-28(22)17-6-2-1-3-7-17;/h1-4,6-7,9-10,14,16H,5,8,11-13,15,24H2,(H,25,29);1H. The van der Waals surface area contributed by atoms with Gasteiger partial charge in [-0.2, -0.15) is 5.10 Å². The summed E-state index contributed by atoms with van der Waals surface area (Å²) >= 11 is 0. The lowest BCUT2D eigenvalue weighted by Crippen LogP contribution is -2.37. The quantitative estimate of drug-likeness (QED) is 0.604. The van der Waals surface area contributed by atoms with E-state index in [1.165, 1.54) is 12.8 Å². The van der Waals surface area contributed by atoms with E-state index in [0.717, 1.165) is 53.5 Å². The van der Waals surface area contributed by atoms with E-state index in [-0.39, 0.29) is 18.3 Å². The molecule has 2 aromatic carbocycles. The second kappa shape index (κ2) is 8.40. The van der Waals surface area contributed by atoms with E-state index in [9.17, 15) is 4.79 Å². The third kappa shape index (κ3) is 4.00. The molecule has 156 valence electrons. The highest BCUT2D eigenvalue weighted by molar-refractivity contribution is 5.94. The molecule has 0 atom stereocenters. The van der Waals surface area contributed by atoms with Gasteiger partial charge in [-0.05, 0) is 55.5 Å². The first-order valence-corrected chi connectivity index (χ1v) is 10.3. The minimum Gasteiger partial charge on any atom is -0.398 e. The van der Waals surface area contributed by atoms with E-state index in [1.54, 1.807) is 0 Å².